The van der Waals surface area contributed by atoms with Gasteiger partial charge in [0, 0.05) is 32.0 Å². The Morgan fingerprint density at radius 3 is 2.48 bits per heavy atom. The number of hydrogen-bond donors (Lipinski definition) is 1. The Balaban J connectivity index is 1.48. The Morgan fingerprint density at radius 2 is 1.76 bits per heavy atom. The first-order valence-electron chi connectivity index (χ1n) is 11.0. The summed E-state index contributed by atoms with van der Waals surface area (Å²) in [5.41, 5.74) is 2.49. The van der Waals surface area contributed by atoms with Crippen LogP contribution < -0.4 is 4.74 Å². The molecule has 29 heavy (non-hydrogen) atoms. The minimum absolute atomic E-state index is 0.342. The molecule has 0 spiro atoms. The third-order valence-electron chi connectivity index (χ3n) is 5.52. The first-order chi connectivity index (χ1) is 14.2. The van der Waals surface area contributed by atoms with E-state index in [1.807, 2.05) is 24.5 Å². The van der Waals surface area contributed by atoms with Gasteiger partial charge >= 0.3 is 0 Å². The highest BCUT2D eigenvalue weighted by atomic mass is 16.5. The average molecular weight is 398 g/mol. The highest BCUT2D eigenvalue weighted by molar-refractivity contribution is 5.28. The van der Waals surface area contributed by atoms with Gasteiger partial charge in [-0.2, -0.15) is 0 Å². The van der Waals surface area contributed by atoms with Crippen LogP contribution >= 0.6 is 0 Å². The van der Waals surface area contributed by atoms with E-state index in [0.717, 1.165) is 38.5 Å². The molecule has 0 saturated carbocycles. The summed E-state index contributed by atoms with van der Waals surface area (Å²) in [6.45, 7) is 8.16. The number of aliphatic hydroxyl groups is 1. The van der Waals surface area contributed by atoms with Crippen LogP contribution in [0, 0.1) is 0 Å². The zero-order valence-corrected chi connectivity index (χ0v) is 17.7. The molecule has 3 rings (SSSR count). The minimum Gasteiger partial charge on any atom is -0.491 e. The second-order valence-electron chi connectivity index (χ2n) is 7.99. The molecule has 0 amide bonds. The maximum absolute atomic E-state index is 10.4. The van der Waals surface area contributed by atoms with Crippen LogP contribution in [0.25, 0.3) is 0 Å². The number of ether oxygens (including phenoxy) is 1. The summed E-state index contributed by atoms with van der Waals surface area (Å²) in [4.78, 5) is 8.85. The summed E-state index contributed by atoms with van der Waals surface area (Å²) >= 11 is 0. The van der Waals surface area contributed by atoms with Crippen molar-refractivity contribution in [3.05, 3.63) is 59.9 Å². The second kappa shape index (κ2) is 11.9. The smallest absolute Gasteiger partial charge is 0.119 e. The Bertz CT molecular complexity index is 702. The predicted octanol–water partition coefficient (Wildman–Crippen LogP) is 3.72. The standard InChI is InChI=1S/C24H35N3O2/c1-2-26(17-21-10-12-25-13-11-21)18-22-8-7-9-24(16-22)29-20-23(28)19-27-14-5-3-4-6-15-27/h7-13,16,23,28H,2-6,14-15,17-20H2,1H3/t23-/m1/s1. The number of nitrogens with zero attached hydrogens (tertiary/aromatic N) is 3. The van der Waals surface area contributed by atoms with Gasteiger partial charge in [0.15, 0.2) is 0 Å². The van der Waals surface area contributed by atoms with Crippen LogP contribution in [-0.2, 0) is 13.1 Å². The molecule has 1 fully saturated rings. The van der Waals surface area contributed by atoms with Crippen molar-refractivity contribution in [2.75, 3.05) is 32.8 Å². The van der Waals surface area contributed by atoms with Crippen LogP contribution in [0.4, 0.5) is 0 Å². The fourth-order valence-corrected chi connectivity index (χ4v) is 3.88. The number of hydrogen-bond acceptors (Lipinski definition) is 5. The molecule has 1 saturated heterocycles. The molecule has 158 valence electrons. The SMILES string of the molecule is CCN(Cc1ccncc1)Cc1cccc(OC[C@H](O)CN2CCCCCC2)c1. The van der Waals surface area contributed by atoms with Gasteiger partial charge in [-0.05, 0) is 67.9 Å². The summed E-state index contributed by atoms with van der Waals surface area (Å²) < 4.78 is 5.91. The van der Waals surface area contributed by atoms with Crippen molar-refractivity contribution in [1.82, 2.24) is 14.8 Å². The second-order valence-corrected chi connectivity index (χ2v) is 7.99. The van der Waals surface area contributed by atoms with Crippen molar-refractivity contribution >= 4 is 0 Å². The minimum atomic E-state index is -0.449. The number of aromatic nitrogens is 1. The van der Waals surface area contributed by atoms with Gasteiger partial charge in [-0.1, -0.05) is 31.9 Å². The highest BCUT2D eigenvalue weighted by Gasteiger charge is 2.14. The first-order valence-corrected chi connectivity index (χ1v) is 11.0. The van der Waals surface area contributed by atoms with Crippen molar-refractivity contribution in [3.63, 3.8) is 0 Å². The van der Waals surface area contributed by atoms with E-state index >= 15 is 0 Å². The van der Waals surface area contributed by atoms with Crippen LogP contribution in [0.5, 0.6) is 5.75 Å². The average Bonchev–Trinajstić information content (AvgIpc) is 3.01. The van der Waals surface area contributed by atoms with Gasteiger partial charge in [0.2, 0.25) is 0 Å². The van der Waals surface area contributed by atoms with Gasteiger partial charge < -0.3 is 14.7 Å². The summed E-state index contributed by atoms with van der Waals surface area (Å²) in [7, 11) is 0. The van der Waals surface area contributed by atoms with E-state index in [4.69, 9.17) is 4.74 Å². The lowest BCUT2D eigenvalue weighted by molar-refractivity contribution is 0.0693. The van der Waals surface area contributed by atoms with Crippen molar-refractivity contribution in [3.8, 4) is 5.75 Å². The van der Waals surface area contributed by atoms with Crippen molar-refractivity contribution < 1.29 is 9.84 Å². The van der Waals surface area contributed by atoms with Gasteiger partial charge in [-0.25, -0.2) is 0 Å². The predicted molar refractivity (Wildman–Crippen MR) is 117 cm³/mol. The molecule has 0 aliphatic carbocycles. The molecule has 1 atom stereocenters. The molecule has 2 heterocycles. The summed E-state index contributed by atoms with van der Waals surface area (Å²) in [5.74, 6) is 0.831. The molecule has 5 nitrogen and oxygen atoms in total. The third-order valence-corrected chi connectivity index (χ3v) is 5.52. The molecule has 0 unspecified atom stereocenters. The van der Waals surface area contributed by atoms with E-state index in [2.05, 4.69) is 46.0 Å². The molecule has 1 aromatic carbocycles. The number of β-amino-alcohol motifs (C(OH)–C–C–N with tert-alkyl or cyclic N) is 1. The van der Waals surface area contributed by atoms with Gasteiger partial charge in [0.1, 0.15) is 18.5 Å². The molecule has 1 N–H and O–H groups in total. The zero-order chi connectivity index (χ0) is 20.3. The lowest BCUT2D eigenvalue weighted by Crippen LogP contribution is -2.36. The van der Waals surface area contributed by atoms with Gasteiger partial charge in [0.05, 0.1) is 0 Å². The number of pyridine rings is 1. The first kappa shape index (κ1) is 21.8. The zero-order valence-electron chi connectivity index (χ0n) is 17.7. The molecule has 0 radical (unpaired) electrons. The quantitative estimate of drug-likeness (QED) is 0.662. The van der Waals surface area contributed by atoms with Gasteiger partial charge in [0.25, 0.3) is 0 Å². The summed E-state index contributed by atoms with van der Waals surface area (Å²) in [6.07, 6.45) is 8.34. The Labute approximate surface area is 175 Å². The topological polar surface area (TPSA) is 48.8 Å². The Kier molecular flexibility index (Phi) is 8.93. The lowest BCUT2D eigenvalue weighted by Gasteiger charge is -2.23. The molecule has 1 aliphatic rings. The highest BCUT2D eigenvalue weighted by Crippen LogP contribution is 2.17. The largest absolute Gasteiger partial charge is 0.491 e. The number of likely N-dealkylation sites (tertiary alicyclic amines) is 1. The maximum Gasteiger partial charge on any atom is 0.119 e. The molecular formula is C24H35N3O2. The number of benzene rings is 1. The molecule has 0 bridgehead atoms. The van der Waals surface area contributed by atoms with Crippen LogP contribution in [0.2, 0.25) is 0 Å². The van der Waals surface area contributed by atoms with E-state index in [0.29, 0.717) is 13.2 Å². The van der Waals surface area contributed by atoms with Crippen LogP contribution in [0.3, 0.4) is 0 Å². The van der Waals surface area contributed by atoms with E-state index in [1.165, 1.54) is 36.8 Å². The van der Waals surface area contributed by atoms with Gasteiger partial charge in [-0.15, -0.1) is 0 Å². The molecule has 2 aromatic rings. The fourth-order valence-electron chi connectivity index (χ4n) is 3.88. The monoisotopic (exact) mass is 397 g/mol. The van der Waals surface area contributed by atoms with Gasteiger partial charge in [-0.3, -0.25) is 9.88 Å². The number of aliphatic hydroxyl groups excluding tert-OH is 1. The Hall–Kier alpha value is -1.95. The molecule has 1 aliphatic heterocycles. The van der Waals surface area contributed by atoms with Crippen LogP contribution in [-0.4, -0.2) is 58.8 Å². The molecule has 5 heteroatoms. The van der Waals surface area contributed by atoms with Crippen molar-refractivity contribution in [2.24, 2.45) is 0 Å². The third kappa shape index (κ3) is 7.77. The van der Waals surface area contributed by atoms with Crippen LogP contribution in [0.15, 0.2) is 48.8 Å². The normalized spacial score (nSPS) is 16.5. The summed E-state index contributed by atoms with van der Waals surface area (Å²) in [6, 6.07) is 12.4. The van der Waals surface area contributed by atoms with E-state index in [1.54, 1.807) is 0 Å². The lowest BCUT2D eigenvalue weighted by atomic mass is 10.2. The van der Waals surface area contributed by atoms with Crippen molar-refractivity contribution in [1.29, 1.82) is 0 Å². The maximum atomic E-state index is 10.4. The molecular weight excluding hydrogens is 362 g/mol. The van der Waals surface area contributed by atoms with E-state index in [9.17, 15) is 5.11 Å². The Morgan fingerprint density at radius 1 is 1.03 bits per heavy atom. The fraction of sp³-hybridized carbons (Fsp3) is 0.542. The molecule has 1 aromatic heterocycles. The summed E-state index contributed by atoms with van der Waals surface area (Å²) in [5, 5.41) is 10.4. The van der Waals surface area contributed by atoms with Crippen LogP contribution in [0.1, 0.15) is 43.7 Å². The van der Waals surface area contributed by atoms with E-state index in [-0.39, 0.29) is 0 Å². The van der Waals surface area contributed by atoms with E-state index < -0.39 is 6.10 Å². The van der Waals surface area contributed by atoms with Crippen molar-refractivity contribution in [2.45, 2.75) is 51.8 Å². The number of rotatable bonds is 10.